The molecular weight excluding hydrogens is 445 g/mol. The van der Waals surface area contributed by atoms with Gasteiger partial charge in [-0.1, -0.05) is 0 Å². The third-order valence-corrected chi connectivity index (χ3v) is 6.03. The number of benzene rings is 1. The van der Waals surface area contributed by atoms with Gasteiger partial charge in [-0.15, -0.1) is 0 Å². The molecule has 0 bridgehead atoms. The van der Waals surface area contributed by atoms with E-state index < -0.39 is 29.1 Å². The van der Waals surface area contributed by atoms with Crippen LogP contribution in [0.25, 0.3) is 0 Å². The van der Waals surface area contributed by atoms with Crippen molar-refractivity contribution in [2.45, 2.75) is 19.5 Å². The standard InChI is InChI=1S/C21H21F3N4O3S/c1-13-16(5-6-26-7-9-27(10-8-26)20(32)31-2)19(30)28(18(13)29)15-4-3-14(12-25)17(11-15)21(22,23)24/h3-4,11H,5-10H2,1-2H3. The Kier molecular flexibility index (Phi) is 6.85. The highest BCUT2D eigenvalue weighted by Crippen LogP contribution is 2.36. The van der Waals surface area contributed by atoms with Gasteiger partial charge in [0.05, 0.1) is 30.0 Å². The highest BCUT2D eigenvalue weighted by molar-refractivity contribution is 7.80. The molecule has 0 spiro atoms. The van der Waals surface area contributed by atoms with Gasteiger partial charge in [-0.3, -0.25) is 14.5 Å². The minimum Gasteiger partial charge on any atom is -0.474 e. The molecule has 0 unspecified atom stereocenters. The summed E-state index contributed by atoms with van der Waals surface area (Å²) < 4.78 is 45.0. The second-order valence-electron chi connectivity index (χ2n) is 7.44. The Hall–Kier alpha value is -2.97. The van der Waals surface area contributed by atoms with Gasteiger partial charge >= 0.3 is 6.18 Å². The lowest BCUT2D eigenvalue weighted by Gasteiger charge is -2.35. The predicted octanol–water partition coefficient (Wildman–Crippen LogP) is 2.71. The summed E-state index contributed by atoms with van der Waals surface area (Å²) in [5, 5.41) is 9.38. The van der Waals surface area contributed by atoms with E-state index in [1.165, 1.54) is 26.2 Å². The molecule has 0 saturated carbocycles. The normalized spacial score (nSPS) is 17.8. The van der Waals surface area contributed by atoms with Crippen molar-refractivity contribution >= 4 is 34.9 Å². The van der Waals surface area contributed by atoms with E-state index in [4.69, 9.17) is 22.2 Å². The maximum absolute atomic E-state index is 13.3. The lowest BCUT2D eigenvalue weighted by molar-refractivity contribution is -0.138. The van der Waals surface area contributed by atoms with Crippen LogP contribution in [0.15, 0.2) is 29.3 Å². The zero-order valence-electron chi connectivity index (χ0n) is 17.5. The number of nitrogens with zero attached hydrogens (tertiary/aromatic N) is 4. The molecule has 0 N–H and O–H groups in total. The Bertz CT molecular complexity index is 1020. The molecule has 0 aromatic heterocycles. The molecule has 7 nitrogen and oxygen atoms in total. The van der Waals surface area contributed by atoms with Crippen LogP contribution < -0.4 is 4.90 Å². The van der Waals surface area contributed by atoms with Crippen LogP contribution in [-0.2, 0) is 20.5 Å². The van der Waals surface area contributed by atoms with Crippen LogP contribution in [0, 0.1) is 11.3 Å². The first-order valence-electron chi connectivity index (χ1n) is 9.83. The fourth-order valence-corrected chi connectivity index (χ4v) is 3.95. The molecule has 2 aliphatic rings. The van der Waals surface area contributed by atoms with Gasteiger partial charge in [-0.2, -0.15) is 18.4 Å². The number of carbonyl (C=O) groups is 2. The number of hydrogen-bond acceptors (Lipinski definition) is 6. The third-order valence-electron chi connectivity index (χ3n) is 5.61. The highest BCUT2D eigenvalue weighted by Gasteiger charge is 2.39. The Balaban J connectivity index is 1.72. The maximum atomic E-state index is 13.3. The molecular formula is C21H21F3N4O3S. The molecule has 1 aromatic carbocycles. The highest BCUT2D eigenvalue weighted by atomic mass is 32.1. The molecule has 2 amide bonds. The van der Waals surface area contributed by atoms with Gasteiger partial charge in [0.2, 0.25) is 0 Å². The summed E-state index contributed by atoms with van der Waals surface area (Å²) >= 11 is 5.12. The van der Waals surface area contributed by atoms with Gasteiger partial charge in [0.25, 0.3) is 17.0 Å². The van der Waals surface area contributed by atoms with Gasteiger partial charge in [-0.25, -0.2) is 4.90 Å². The molecule has 11 heteroatoms. The predicted molar refractivity (Wildman–Crippen MR) is 114 cm³/mol. The van der Waals surface area contributed by atoms with Gasteiger partial charge in [0.1, 0.15) is 0 Å². The van der Waals surface area contributed by atoms with Crippen molar-refractivity contribution in [2.24, 2.45) is 0 Å². The summed E-state index contributed by atoms with van der Waals surface area (Å²) in [5.41, 5.74) is -1.47. The number of imide groups is 1. The number of thiocarbonyl (C=S) groups is 1. The van der Waals surface area contributed by atoms with Crippen LogP contribution >= 0.6 is 12.2 Å². The number of halogens is 3. The molecule has 32 heavy (non-hydrogen) atoms. The second-order valence-corrected chi connectivity index (χ2v) is 7.79. The van der Waals surface area contributed by atoms with E-state index in [-0.39, 0.29) is 16.8 Å². The van der Waals surface area contributed by atoms with E-state index in [1.54, 1.807) is 0 Å². The zero-order valence-corrected chi connectivity index (χ0v) is 18.3. The second kappa shape index (κ2) is 9.26. The summed E-state index contributed by atoms with van der Waals surface area (Å²) in [6.07, 6.45) is -4.49. The van der Waals surface area contributed by atoms with Gasteiger partial charge < -0.3 is 9.64 Å². The quantitative estimate of drug-likeness (QED) is 0.499. The molecule has 2 heterocycles. The molecule has 3 rings (SSSR count). The zero-order chi connectivity index (χ0) is 23.6. The van der Waals surface area contributed by atoms with Crippen LogP contribution in [0.4, 0.5) is 18.9 Å². The number of alkyl halides is 3. The van der Waals surface area contributed by atoms with Gasteiger partial charge in [0, 0.05) is 43.9 Å². The molecule has 0 atom stereocenters. The van der Waals surface area contributed by atoms with E-state index in [9.17, 15) is 22.8 Å². The lowest BCUT2D eigenvalue weighted by Crippen LogP contribution is -2.48. The molecule has 0 aliphatic carbocycles. The number of piperazine rings is 1. The molecule has 170 valence electrons. The van der Waals surface area contributed by atoms with E-state index in [2.05, 4.69) is 4.90 Å². The van der Waals surface area contributed by atoms with Crippen molar-refractivity contribution < 1.29 is 27.5 Å². The number of methoxy groups -OCH3 is 1. The SMILES string of the molecule is COC(=S)N1CCN(CCC2=C(C)C(=O)N(c3ccc(C#N)c(C(F)(F)F)c3)C2=O)CC1. The van der Waals surface area contributed by atoms with Crippen molar-refractivity contribution in [1.29, 1.82) is 5.26 Å². The minimum atomic E-state index is -4.79. The molecule has 1 aromatic rings. The van der Waals surface area contributed by atoms with E-state index in [0.717, 1.165) is 11.0 Å². The summed E-state index contributed by atoms with van der Waals surface area (Å²) in [4.78, 5) is 30.4. The molecule has 0 radical (unpaired) electrons. The van der Waals surface area contributed by atoms with E-state index in [1.807, 2.05) is 4.90 Å². The number of nitriles is 1. The number of rotatable bonds is 4. The molecule has 2 aliphatic heterocycles. The Morgan fingerprint density at radius 2 is 1.84 bits per heavy atom. The van der Waals surface area contributed by atoms with Crippen molar-refractivity contribution in [3.63, 3.8) is 0 Å². The topological polar surface area (TPSA) is 76.9 Å². The number of anilines is 1. The average molecular weight is 466 g/mol. The number of ether oxygens (including phenoxy) is 1. The molecule has 1 fully saturated rings. The van der Waals surface area contributed by atoms with Crippen LogP contribution in [-0.4, -0.2) is 66.6 Å². The van der Waals surface area contributed by atoms with Crippen LogP contribution in [0.1, 0.15) is 24.5 Å². The monoisotopic (exact) mass is 466 g/mol. The number of carbonyl (C=O) groups excluding carboxylic acids is 2. The fraction of sp³-hybridized carbons (Fsp3) is 0.429. The Morgan fingerprint density at radius 1 is 1.19 bits per heavy atom. The van der Waals surface area contributed by atoms with Gasteiger partial charge in [-0.05, 0) is 43.8 Å². The van der Waals surface area contributed by atoms with Crippen molar-refractivity contribution in [3.8, 4) is 6.07 Å². The van der Waals surface area contributed by atoms with Crippen LogP contribution in [0.3, 0.4) is 0 Å². The summed E-state index contributed by atoms with van der Waals surface area (Å²) in [6.45, 7) is 4.77. The van der Waals surface area contributed by atoms with E-state index in [0.29, 0.717) is 50.4 Å². The van der Waals surface area contributed by atoms with Crippen molar-refractivity contribution in [2.75, 3.05) is 44.7 Å². The van der Waals surface area contributed by atoms with Crippen molar-refractivity contribution in [3.05, 3.63) is 40.5 Å². The lowest BCUT2D eigenvalue weighted by atomic mass is 10.1. The number of hydrogen-bond donors (Lipinski definition) is 0. The smallest absolute Gasteiger partial charge is 0.417 e. The minimum absolute atomic E-state index is 0.206. The van der Waals surface area contributed by atoms with Crippen LogP contribution in [0.2, 0.25) is 0 Å². The maximum Gasteiger partial charge on any atom is 0.417 e. The first-order chi connectivity index (χ1) is 15.1. The number of amides is 2. The fourth-order valence-electron chi connectivity index (χ4n) is 3.77. The van der Waals surface area contributed by atoms with E-state index >= 15 is 0 Å². The summed E-state index contributed by atoms with van der Waals surface area (Å²) in [7, 11) is 1.52. The van der Waals surface area contributed by atoms with Gasteiger partial charge in [0.15, 0.2) is 0 Å². The largest absolute Gasteiger partial charge is 0.474 e. The van der Waals surface area contributed by atoms with Crippen molar-refractivity contribution in [1.82, 2.24) is 9.80 Å². The first kappa shape index (κ1) is 23.7. The first-order valence-corrected chi connectivity index (χ1v) is 10.2. The third kappa shape index (κ3) is 4.61. The average Bonchev–Trinajstić information content (AvgIpc) is 2.99. The molecule has 1 saturated heterocycles. The summed E-state index contributed by atoms with van der Waals surface area (Å²) in [5.74, 6) is -1.29. The summed E-state index contributed by atoms with van der Waals surface area (Å²) in [6, 6.07) is 4.30. The Labute approximate surface area is 188 Å². The Morgan fingerprint density at radius 3 is 2.41 bits per heavy atom. The van der Waals surface area contributed by atoms with Crippen LogP contribution in [0.5, 0.6) is 0 Å².